The molecule has 0 aliphatic heterocycles. The lowest BCUT2D eigenvalue weighted by Crippen LogP contribution is -1.96. The predicted octanol–water partition coefficient (Wildman–Crippen LogP) is 4.21. The van der Waals surface area contributed by atoms with E-state index in [0.29, 0.717) is 6.61 Å². The normalized spacial score (nSPS) is 15.7. The van der Waals surface area contributed by atoms with Gasteiger partial charge in [0, 0.05) is 20.3 Å². The Morgan fingerprint density at radius 3 is 2.95 bits per heavy atom. The van der Waals surface area contributed by atoms with Crippen molar-refractivity contribution in [2.24, 2.45) is 5.16 Å². The van der Waals surface area contributed by atoms with Gasteiger partial charge in [-0.2, -0.15) is 0 Å². The Labute approximate surface area is 123 Å². The highest BCUT2D eigenvalue weighted by Crippen LogP contribution is 2.28. The number of hydrogen-bond acceptors (Lipinski definition) is 4. The second-order valence-electron chi connectivity index (χ2n) is 4.39. The van der Waals surface area contributed by atoms with E-state index in [2.05, 4.69) is 27.2 Å². The van der Waals surface area contributed by atoms with Crippen molar-refractivity contribution in [2.75, 3.05) is 0 Å². The number of oxime groups is 1. The first kappa shape index (κ1) is 12.7. The van der Waals surface area contributed by atoms with Gasteiger partial charge in [-0.25, -0.2) is 0 Å². The van der Waals surface area contributed by atoms with Crippen LogP contribution in [-0.2, 0) is 13.0 Å². The van der Waals surface area contributed by atoms with Gasteiger partial charge in [0.15, 0.2) is 0 Å². The molecule has 0 fully saturated rings. The number of nitrogens with zero attached hydrogens (tertiary/aromatic N) is 1. The summed E-state index contributed by atoms with van der Waals surface area (Å²) in [5.74, 6) is 0.863. The summed E-state index contributed by atoms with van der Waals surface area (Å²) in [5.41, 5.74) is 3.00. The lowest BCUT2D eigenvalue weighted by atomic mass is 10.1. The highest BCUT2D eigenvalue weighted by molar-refractivity contribution is 9.10. The summed E-state index contributed by atoms with van der Waals surface area (Å²) in [6.45, 7) is 0.579. The van der Waals surface area contributed by atoms with Gasteiger partial charge in [0.2, 0.25) is 0 Å². The van der Waals surface area contributed by atoms with Crippen LogP contribution in [0.3, 0.4) is 0 Å². The first-order valence-corrected chi connectivity index (χ1v) is 7.63. The first-order chi connectivity index (χ1) is 9.26. The largest absolute Gasteiger partial charge is 0.488 e. The molecule has 98 valence electrons. The highest BCUT2D eigenvalue weighted by atomic mass is 79.9. The number of thiophene rings is 1. The van der Waals surface area contributed by atoms with Crippen LogP contribution in [0.2, 0.25) is 0 Å². The maximum absolute atomic E-state index is 8.89. The van der Waals surface area contributed by atoms with Crippen molar-refractivity contribution in [1.82, 2.24) is 0 Å². The fourth-order valence-corrected chi connectivity index (χ4v) is 3.59. The molecule has 1 aromatic heterocycles. The standard InChI is InChI=1S/C14H12BrNO2S/c15-10-6-12(19-8-10)7-18-11-2-3-13-9(5-11)1-4-14(13)16-17/h2-3,5-6,8,17H,1,4,7H2/b16-14-. The molecule has 1 aliphatic rings. The summed E-state index contributed by atoms with van der Waals surface area (Å²) in [6, 6.07) is 8.00. The minimum absolute atomic E-state index is 0.579. The molecule has 0 radical (unpaired) electrons. The van der Waals surface area contributed by atoms with Crippen molar-refractivity contribution in [3.8, 4) is 5.75 Å². The van der Waals surface area contributed by atoms with E-state index < -0.39 is 0 Å². The van der Waals surface area contributed by atoms with Crippen molar-refractivity contribution >= 4 is 33.0 Å². The van der Waals surface area contributed by atoms with Crippen molar-refractivity contribution in [3.63, 3.8) is 0 Å². The van der Waals surface area contributed by atoms with Crippen LogP contribution in [-0.4, -0.2) is 10.9 Å². The summed E-state index contributed by atoms with van der Waals surface area (Å²) in [6.07, 6.45) is 1.71. The molecule has 0 spiro atoms. The Hall–Kier alpha value is -1.33. The van der Waals surface area contributed by atoms with E-state index in [-0.39, 0.29) is 0 Å². The third-order valence-corrected chi connectivity index (χ3v) is 4.81. The molecule has 19 heavy (non-hydrogen) atoms. The Morgan fingerprint density at radius 1 is 1.32 bits per heavy atom. The van der Waals surface area contributed by atoms with E-state index in [1.165, 1.54) is 10.4 Å². The van der Waals surface area contributed by atoms with E-state index >= 15 is 0 Å². The van der Waals surface area contributed by atoms with Gasteiger partial charge in [-0.1, -0.05) is 5.16 Å². The zero-order chi connectivity index (χ0) is 13.2. The highest BCUT2D eigenvalue weighted by Gasteiger charge is 2.18. The number of rotatable bonds is 3. The Morgan fingerprint density at radius 2 is 2.21 bits per heavy atom. The minimum Gasteiger partial charge on any atom is -0.488 e. The van der Waals surface area contributed by atoms with E-state index in [0.717, 1.165) is 34.3 Å². The molecule has 3 rings (SSSR count). The van der Waals surface area contributed by atoms with Crippen LogP contribution in [0.25, 0.3) is 0 Å². The Bertz CT molecular complexity index is 636. The first-order valence-electron chi connectivity index (χ1n) is 5.96. The number of aryl methyl sites for hydroxylation is 1. The Balaban J connectivity index is 1.73. The quantitative estimate of drug-likeness (QED) is 0.673. The SMILES string of the molecule is O/N=C1/CCc2cc(OCc3cc(Br)cs3)ccc21. The van der Waals surface area contributed by atoms with Gasteiger partial charge in [-0.3, -0.25) is 0 Å². The lowest BCUT2D eigenvalue weighted by molar-refractivity contribution is 0.309. The molecule has 0 bridgehead atoms. The molecule has 1 N–H and O–H groups in total. The molecule has 0 saturated heterocycles. The topological polar surface area (TPSA) is 41.8 Å². The van der Waals surface area contributed by atoms with Gasteiger partial charge in [0.1, 0.15) is 12.4 Å². The van der Waals surface area contributed by atoms with Crippen LogP contribution in [0.15, 0.2) is 39.3 Å². The van der Waals surface area contributed by atoms with E-state index in [9.17, 15) is 0 Å². The van der Waals surface area contributed by atoms with Gasteiger partial charge in [0.25, 0.3) is 0 Å². The summed E-state index contributed by atoms with van der Waals surface area (Å²) in [7, 11) is 0. The van der Waals surface area contributed by atoms with E-state index in [4.69, 9.17) is 9.94 Å². The molecular formula is C14H12BrNO2S. The third-order valence-electron chi connectivity index (χ3n) is 3.14. The number of benzene rings is 1. The molecule has 0 atom stereocenters. The second-order valence-corrected chi connectivity index (χ2v) is 6.30. The molecule has 0 unspecified atom stereocenters. The zero-order valence-corrected chi connectivity index (χ0v) is 12.5. The lowest BCUT2D eigenvalue weighted by Gasteiger charge is -2.06. The molecule has 1 heterocycles. The molecule has 1 aromatic carbocycles. The zero-order valence-electron chi connectivity index (χ0n) is 10.1. The van der Waals surface area contributed by atoms with Crippen LogP contribution in [0.1, 0.15) is 22.4 Å². The van der Waals surface area contributed by atoms with Gasteiger partial charge in [0.05, 0.1) is 5.71 Å². The maximum Gasteiger partial charge on any atom is 0.122 e. The van der Waals surface area contributed by atoms with Crippen molar-refractivity contribution in [2.45, 2.75) is 19.4 Å². The molecule has 0 amide bonds. The molecule has 1 aliphatic carbocycles. The van der Waals surface area contributed by atoms with E-state index in [1.807, 2.05) is 23.6 Å². The molecule has 3 nitrogen and oxygen atoms in total. The molecular weight excluding hydrogens is 326 g/mol. The van der Waals surface area contributed by atoms with Crippen LogP contribution >= 0.6 is 27.3 Å². The van der Waals surface area contributed by atoms with Crippen LogP contribution < -0.4 is 4.74 Å². The number of hydrogen-bond donors (Lipinski definition) is 1. The Kier molecular flexibility index (Phi) is 3.57. The number of fused-ring (bicyclic) bond motifs is 1. The predicted molar refractivity (Wildman–Crippen MR) is 79.4 cm³/mol. The van der Waals surface area contributed by atoms with Crippen molar-refractivity contribution in [3.05, 3.63) is 50.1 Å². The summed E-state index contributed by atoms with van der Waals surface area (Å²) in [4.78, 5) is 1.19. The summed E-state index contributed by atoms with van der Waals surface area (Å²) >= 11 is 5.11. The third kappa shape index (κ3) is 2.67. The van der Waals surface area contributed by atoms with Crippen molar-refractivity contribution in [1.29, 1.82) is 0 Å². The fraction of sp³-hybridized carbons (Fsp3) is 0.214. The fourth-order valence-electron chi connectivity index (χ4n) is 2.22. The smallest absolute Gasteiger partial charge is 0.122 e. The van der Waals surface area contributed by atoms with Gasteiger partial charge in [-0.05, 0) is 58.6 Å². The molecule has 5 heteroatoms. The maximum atomic E-state index is 8.89. The average Bonchev–Trinajstić information content (AvgIpc) is 3.01. The minimum atomic E-state index is 0.579. The summed E-state index contributed by atoms with van der Waals surface area (Å²) < 4.78 is 6.88. The van der Waals surface area contributed by atoms with E-state index in [1.54, 1.807) is 11.3 Å². The van der Waals surface area contributed by atoms with Gasteiger partial charge in [-0.15, -0.1) is 11.3 Å². The molecule has 2 aromatic rings. The van der Waals surface area contributed by atoms with Crippen LogP contribution in [0.5, 0.6) is 5.75 Å². The van der Waals surface area contributed by atoms with Gasteiger partial charge >= 0.3 is 0 Å². The number of ether oxygens (including phenoxy) is 1. The average molecular weight is 338 g/mol. The van der Waals surface area contributed by atoms with Crippen LogP contribution in [0, 0.1) is 0 Å². The monoisotopic (exact) mass is 337 g/mol. The van der Waals surface area contributed by atoms with Crippen LogP contribution in [0.4, 0.5) is 0 Å². The van der Waals surface area contributed by atoms with Gasteiger partial charge < -0.3 is 9.94 Å². The summed E-state index contributed by atoms with van der Waals surface area (Å²) in [5, 5.41) is 14.3. The molecule has 0 saturated carbocycles. The number of halogens is 1. The second kappa shape index (κ2) is 5.35. The van der Waals surface area contributed by atoms with Crippen molar-refractivity contribution < 1.29 is 9.94 Å².